The van der Waals surface area contributed by atoms with Gasteiger partial charge >= 0.3 is 0 Å². The number of H-pyrrole nitrogens is 1. The lowest BCUT2D eigenvalue weighted by Crippen LogP contribution is -2.11. The van der Waals surface area contributed by atoms with Crippen molar-refractivity contribution in [1.82, 2.24) is 29.5 Å². The molecule has 32 heavy (non-hydrogen) atoms. The molecule has 8 heteroatoms. The number of fused-ring (bicyclic) bond motifs is 1. The Hall–Kier alpha value is -4.51. The van der Waals surface area contributed by atoms with E-state index in [4.69, 9.17) is 15.2 Å². The summed E-state index contributed by atoms with van der Waals surface area (Å²) >= 11 is 0. The minimum absolute atomic E-state index is 0.363. The van der Waals surface area contributed by atoms with Crippen molar-refractivity contribution in [2.75, 3.05) is 11.9 Å². The van der Waals surface area contributed by atoms with E-state index in [9.17, 15) is 0 Å². The lowest BCUT2D eigenvalue weighted by molar-refractivity contribution is 0.962. The summed E-state index contributed by atoms with van der Waals surface area (Å²) in [5, 5.41) is 13.3. The Kier molecular flexibility index (Phi) is 4.84. The number of nitrogens with zero attached hydrogens (tertiary/aromatic N) is 7. The predicted molar refractivity (Wildman–Crippen MR) is 122 cm³/mol. The average molecular weight is 420 g/mol. The number of pyridine rings is 2. The molecule has 8 nitrogen and oxygen atoms in total. The summed E-state index contributed by atoms with van der Waals surface area (Å²) in [6.07, 6.45) is 3.80. The molecule has 0 fully saturated rings. The van der Waals surface area contributed by atoms with Crippen LogP contribution in [0.1, 0.15) is 11.3 Å². The van der Waals surface area contributed by atoms with Crippen LogP contribution in [0.15, 0.2) is 67.1 Å². The van der Waals surface area contributed by atoms with Crippen LogP contribution in [-0.4, -0.2) is 36.6 Å². The molecule has 1 aromatic carbocycles. The fourth-order valence-electron chi connectivity index (χ4n) is 3.64. The Bertz CT molecular complexity index is 1460. The first-order chi connectivity index (χ1) is 15.6. The molecule has 0 aliphatic heterocycles. The van der Waals surface area contributed by atoms with Crippen molar-refractivity contribution in [3.05, 3.63) is 78.4 Å². The Balaban J connectivity index is 1.64. The van der Waals surface area contributed by atoms with Gasteiger partial charge in [0.05, 0.1) is 23.9 Å². The van der Waals surface area contributed by atoms with E-state index in [1.165, 1.54) is 6.33 Å². The number of hydrogen-bond acceptors (Lipinski definition) is 6. The molecule has 4 aromatic heterocycles. The topological polar surface area (TPSA) is 98.8 Å². The van der Waals surface area contributed by atoms with Gasteiger partial charge < -0.3 is 9.88 Å². The smallest absolute Gasteiger partial charge is 0.208 e. The number of anilines is 2. The van der Waals surface area contributed by atoms with Gasteiger partial charge in [0.1, 0.15) is 12.0 Å². The van der Waals surface area contributed by atoms with Gasteiger partial charge in [-0.15, -0.1) is 0 Å². The zero-order valence-electron chi connectivity index (χ0n) is 17.7. The largest absolute Gasteiger partial charge is 0.322 e. The van der Waals surface area contributed by atoms with Gasteiger partial charge in [-0.05, 0) is 48.9 Å². The highest BCUT2D eigenvalue weighted by Gasteiger charge is 2.19. The highest BCUT2D eigenvalue weighted by Crippen LogP contribution is 2.33. The van der Waals surface area contributed by atoms with Crippen LogP contribution in [0.4, 0.5) is 11.6 Å². The summed E-state index contributed by atoms with van der Waals surface area (Å²) in [4.78, 5) is 19.3. The molecule has 0 atom stereocenters. The van der Waals surface area contributed by atoms with Gasteiger partial charge in [0, 0.05) is 30.2 Å². The first-order valence-electron chi connectivity index (χ1n) is 10.2. The van der Waals surface area contributed by atoms with Gasteiger partial charge in [-0.25, -0.2) is 14.5 Å². The SMILES string of the molecule is Cc1cccc(-c2[nH]c(N(C)c3cccc(CC#N)c3)nc2-c2ccc3ncnn3c2)n1. The molecule has 0 aliphatic rings. The van der Waals surface area contributed by atoms with Gasteiger partial charge in [0.25, 0.3) is 0 Å². The first-order valence-corrected chi connectivity index (χ1v) is 10.2. The number of nitriles is 1. The van der Waals surface area contributed by atoms with Crippen LogP contribution < -0.4 is 4.90 Å². The predicted octanol–water partition coefficient (Wildman–Crippen LogP) is 4.32. The van der Waals surface area contributed by atoms with Gasteiger partial charge in [-0.2, -0.15) is 10.4 Å². The molecule has 0 aliphatic carbocycles. The maximum atomic E-state index is 9.04. The number of benzene rings is 1. The van der Waals surface area contributed by atoms with Gasteiger partial charge in [0.15, 0.2) is 5.65 Å². The van der Waals surface area contributed by atoms with E-state index in [-0.39, 0.29) is 0 Å². The standard InChI is InChI=1S/C24H20N8/c1-16-5-3-8-20(28-16)23-22(18-9-10-21-26-15-27-32(21)14-18)29-24(30-23)31(2)19-7-4-6-17(13-19)11-12-25/h3-10,13-15H,11H2,1-2H3,(H,29,30). The molecule has 0 amide bonds. The molecule has 5 rings (SSSR count). The summed E-state index contributed by atoms with van der Waals surface area (Å²) in [5.41, 5.74) is 6.90. The normalized spacial score (nSPS) is 10.9. The molecule has 0 spiro atoms. The molecule has 156 valence electrons. The second kappa shape index (κ2) is 7.96. The summed E-state index contributed by atoms with van der Waals surface area (Å²) in [5.74, 6) is 0.672. The minimum Gasteiger partial charge on any atom is -0.322 e. The number of rotatable bonds is 5. The van der Waals surface area contributed by atoms with Crippen molar-refractivity contribution in [2.45, 2.75) is 13.3 Å². The van der Waals surface area contributed by atoms with E-state index >= 15 is 0 Å². The number of aromatic amines is 1. The molecular formula is C24H20N8. The zero-order valence-corrected chi connectivity index (χ0v) is 17.7. The summed E-state index contributed by atoms with van der Waals surface area (Å²) in [7, 11) is 1.95. The van der Waals surface area contributed by atoms with Crippen LogP contribution >= 0.6 is 0 Å². The van der Waals surface area contributed by atoms with E-state index in [0.29, 0.717) is 12.4 Å². The summed E-state index contributed by atoms with van der Waals surface area (Å²) < 4.78 is 1.73. The Morgan fingerprint density at radius 1 is 1.09 bits per heavy atom. The molecule has 0 saturated heterocycles. The van der Waals surface area contributed by atoms with E-state index in [1.807, 2.05) is 79.7 Å². The minimum atomic E-state index is 0.363. The Labute approximate surface area is 184 Å². The Morgan fingerprint density at radius 3 is 2.81 bits per heavy atom. The fourth-order valence-corrected chi connectivity index (χ4v) is 3.64. The fraction of sp³-hybridized carbons (Fsp3) is 0.125. The van der Waals surface area contributed by atoms with Crippen molar-refractivity contribution in [3.63, 3.8) is 0 Å². The number of imidazole rings is 1. The first kappa shape index (κ1) is 19.5. The zero-order chi connectivity index (χ0) is 22.1. The van der Waals surface area contributed by atoms with E-state index in [1.54, 1.807) is 4.52 Å². The third-order valence-electron chi connectivity index (χ3n) is 5.28. The average Bonchev–Trinajstić information content (AvgIpc) is 3.46. The third kappa shape index (κ3) is 3.56. The third-order valence-corrected chi connectivity index (χ3v) is 5.28. The van der Waals surface area contributed by atoms with Crippen molar-refractivity contribution in [3.8, 4) is 28.7 Å². The highest BCUT2D eigenvalue weighted by atomic mass is 15.3. The molecular weight excluding hydrogens is 400 g/mol. The van der Waals surface area contributed by atoms with Crippen molar-refractivity contribution in [2.24, 2.45) is 0 Å². The lowest BCUT2D eigenvalue weighted by Gasteiger charge is -2.16. The van der Waals surface area contributed by atoms with Gasteiger partial charge in [-0.3, -0.25) is 4.98 Å². The van der Waals surface area contributed by atoms with Crippen molar-refractivity contribution >= 4 is 17.3 Å². The second-order valence-electron chi connectivity index (χ2n) is 7.49. The maximum Gasteiger partial charge on any atom is 0.208 e. The second-order valence-corrected chi connectivity index (χ2v) is 7.49. The van der Waals surface area contributed by atoms with Crippen LogP contribution in [0.3, 0.4) is 0 Å². The van der Waals surface area contributed by atoms with Crippen LogP contribution in [-0.2, 0) is 6.42 Å². The van der Waals surface area contributed by atoms with Gasteiger partial charge in [0.2, 0.25) is 5.95 Å². The lowest BCUT2D eigenvalue weighted by atomic mass is 10.1. The van der Waals surface area contributed by atoms with Crippen LogP contribution in [0, 0.1) is 18.3 Å². The van der Waals surface area contributed by atoms with Crippen LogP contribution in [0.25, 0.3) is 28.3 Å². The monoisotopic (exact) mass is 420 g/mol. The summed E-state index contributed by atoms with van der Waals surface area (Å²) in [6, 6.07) is 19.9. The van der Waals surface area contributed by atoms with E-state index in [0.717, 1.165) is 45.2 Å². The van der Waals surface area contributed by atoms with Crippen molar-refractivity contribution in [1.29, 1.82) is 5.26 Å². The number of aryl methyl sites for hydroxylation is 1. The molecule has 1 N–H and O–H groups in total. The molecule has 0 saturated carbocycles. The van der Waals surface area contributed by atoms with Crippen LogP contribution in [0.5, 0.6) is 0 Å². The molecule has 0 bridgehead atoms. The number of hydrogen-bond donors (Lipinski definition) is 1. The Morgan fingerprint density at radius 2 is 1.97 bits per heavy atom. The quantitative estimate of drug-likeness (QED) is 0.454. The van der Waals surface area contributed by atoms with Crippen LogP contribution in [0.2, 0.25) is 0 Å². The number of aromatic nitrogens is 6. The summed E-state index contributed by atoms with van der Waals surface area (Å²) in [6.45, 7) is 1.97. The van der Waals surface area contributed by atoms with E-state index in [2.05, 4.69) is 21.1 Å². The maximum absolute atomic E-state index is 9.04. The highest BCUT2D eigenvalue weighted by molar-refractivity contribution is 5.79. The molecule has 0 radical (unpaired) electrons. The van der Waals surface area contributed by atoms with Gasteiger partial charge in [-0.1, -0.05) is 18.2 Å². The molecule has 0 unspecified atom stereocenters. The van der Waals surface area contributed by atoms with Crippen molar-refractivity contribution < 1.29 is 0 Å². The molecule has 5 aromatic rings. The molecule has 4 heterocycles. The van der Waals surface area contributed by atoms with E-state index < -0.39 is 0 Å². The number of nitrogens with one attached hydrogen (secondary N) is 1.